The first-order valence-corrected chi connectivity index (χ1v) is 17.4. The second kappa shape index (κ2) is 15.8. The highest BCUT2D eigenvalue weighted by Crippen LogP contribution is 2.32. The summed E-state index contributed by atoms with van der Waals surface area (Å²) >= 11 is 4.74. The van der Waals surface area contributed by atoms with Gasteiger partial charge in [-0.1, -0.05) is 54.9 Å². The van der Waals surface area contributed by atoms with E-state index in [2.05, 4.69) is 52.5 Å². The minimum Gasteiger partial charge on any atom is -0.508 e. The molecule has 0 spiro atoms. The summed E-state index contributed by atoms with van der Waals surface area (Å²) in [6.45, 7) is 6.09. The Morgan fingerprint density at radius 1 is 1.06 bits per heavy atom. The smallest absolute Gasteiger partial charge is 0.323 e. The largest absolute Gasteiger partial charge is 0.508 e. The highest BCUT2D eigenvalue weighted by Gasteiger charge is 2.34. The van der Waals surface area contributed by atoms with Crippen LogP contribution in [0.1, 0.15) is 61.0 Å². The van der Waals surface area contributed by atoms with Gasteiger partial charge >= 0.3 is 5.97 Å². The molecule has 50 heavy (non-hydrogen) atoms. The second-order valence-electron chi connectivity index (χ2n) is 12.9. The van der Waals surface area contributed by atoms with Gasteiger partial charge in [-0.05, 0) is 52.9 Å². The fourth-order valence-electron chi connectivity index (χ4n) is 5.29. The molecule has 5 unspecified atom stereocenters. The van der Waals surface area contributed by atoms with Crippen molar-refractivity contribution in [2.75, 3.05) is 25.0 Å². The molecule has 266 valence electrons. The lowest BCUT2D eigenvalue weighted by Gasteiger charge is -2.30. The molecule has 0 aliphatic carbocycles. The minimum atomic E-state index is -1.51. The number of halogens is 1. The lowest BCUT2D eigenvalue weighted by molar-refractivity contribution is -0.142. The van der Waals surface area contributed by atoms with Crippen LogP contribution in [0.2, 0.25) is 0 Å². The summed E-state index contributed by atoms with van der Waals surface area (Å²) in [5.74, 6) is -1.74. The molecule has 0 saturated heterocycles. The maximum absolute atomic E-state index is 13.5. The molecule has 0 bridgehead atoms. The Balaban J connectivity index is 1.35. The van der Waals surface area contributed by atoms with Gasteiger partial charge in [-0.15, -0.1) is 11.3 Å². The van der Waals surface area contributed by atoms with E-state index in [9.17, 15) is 35.1 Å². The molecule has 1 aliphatic rings. The van der Waals surface area contributed by atoms with E-state index in [4.69, 9.17) is 0 Å². The third-order valence-electron chi connectivity index (χ3n) is 7.88. The zero-order chi connectivity index (χ0) is 36.2. The molecule has 5 rings (SSSR count). The highest BCUT2D eigenvalue weighted by molar-refractivity contribution is 9.10. The second-order valence-corrected chi connectivity index (χ2v) is 14.9. The topological polar surface area (TPSA) is 221 Å². The number of phenols is 1. The van der Waals surface area contributed by atoms with Crippen molar-refractivity contribution in [2.24, 2.45) is 4.99 Å². The summed E-state index contributed by atoms with van der Waals surface area (Å²) in [6, 6.07) is 14.3. The zero-order valence-electron chi connectivity index (χ0n) is 27.5. The molecule has 0 saturated carbocycles. The number of nitrogens with one attached hydrogen (secondary N) is 5. The number of carboxylic acids is 1. The lowest BCUT2D eigenvalue weighted by Crippen LogP contribution is -2.51. The van der Waals surface area contributed by atoms with Crippen LogP contribution in [0.4, 0.5) is 5.69 Å². The van der Waals surface area contributed by atoms with Crippen LogP contribution < -0.4 is 26.6 Å². The third-order valence-corrected chi connectivity index (χ3v) is 9.43. The Morgan fingerprint density at radius 2 is 1.82 bits per heavy atom. The zero-order valence-corrected chi connectivity index (χ0v) is 29.9. The number of hydrogen-bond donors (Lipinski definition) is 10. The average molecular weight is 771 g/mol. The fourth-order valence-corrected chi connectivity index (χ4v) is 6.72. The number of aliphatic hydroxyl groups is 3. The molecule has 1 amide bonds. The van der Waals surface area contributed by atoms with Crippen LogP contribution >= 0.6 is 27.3 Å². The van der Waals surface area contributed by atoms with Gasteiger partial charge in [0.15, 0.2) is 12.2 Å². The predicted molar refractivity (Wildman–Crippen MR) is 194 cm³/mol. The maximum atomic E-state index is 13.5. The molecule has 5 atom stereocenters. The Bertz CT molecular complexity index is 1850. The van der Waals surface area contributed by atoms with Crippen LogP contribution in [-0.2, 0) is 15.0 Å². The van der Waals surface area contributed by atoms with E-state index in [0.29, 0.717) is 33.7 Å². The van der Waals surface area contributed by atoms with Crippen LogP contribution in [0, 0.1) is 0 Å². The summed E-state index contributed by atoms with van der Waals surface area (Å²) in [6.07, 6.45) is -3.47. The van der Waals surface area contributed by atoms with Crippen LogP contribution in [-0.4, -0.2) is 80.1 Å². The van der Waals surface area contributed by atoms with Gasteiger partial charge < -0.3 is 41.5 Å². The maximum Gasteiger partial charge on any atom is 0.323 e. The van der Waals surface area contributed by atoms with Gasteiger partial charge in [0, 0.05) is 28.3 Å². The van der Waals surface area contributed by atoms with Crippen LogP contribution in [0.25, 0.3) is 10.2 Å². The van der Waals surface area contributed by atoms with E-state index < -0.39 is 49.1 Å². The van der Waals surface area contributed by atoms with Crippen LogP contribution in [0.5, 0.6) is 5.75 Å². The summed E-state index contributed by atoms with van der Waals surface area (Å²) in [4.78, 5) is 34.9. The Morgan fingerprint density at radius 3 is 2.50 bits per heavy atom. The molecule has 10 N–H and O–H groups in total. The van der Waals surface area contributed by atoms with Gasteiger partial charge in [0.2, 0.25) is 5.91 Å². The summed E-state index contributed by atoms with van der Waals surface area (Å²) < 4.78 is 1.49. The van der Waals surface area contributed by atoms with Gasteiger partial charge in [-0.3, -0.25) is 25.2 Å². The summed E-state index contributed by atoms with van der Waals surface area (Å²) in [5.41, 5.74) is 2.32. The Kier molecular flexibility index (Phi) is 11.7. The van der Waals surface area contributed by atoms with E-state index in [1.165, 1.54) is 23.5 Å². The number of nitrogens with zero attached hydrogens (tertiary/aromatic N) is 2. The highest BCUT2D eigenvalue weighted by atomic mass is 79.9. The summed E-state index contributed by atoms with van der Waals surface area (Å²) in [7, 11) is 0. The number of fused-ring (bicyclic) bond motifs is 1. The lowest BCUT2D eigenvalue weighted by atomic mass is 9.84. The van der Waals surface area contributed by atoms with Crippen molar-refractivity contribution in [1.82, 2.24) is 26.3 Å². The Hall–Kier alpha value is -4.16. The number of aliphatic hydroxyl groups excluding tert-OH is 3. The van der Waals surface area contributed by atoms with Gasteiger partial charge in [-0.25, -0.2) is 4.98 Å². The number of carbonyl (C=O) groups is 2. The first kappa shape index (κ1) is 37.1. The molecule has 1 aliphatic heterocycles. The number of anilines is 1. The summed E-state index contributed by atoms with van der Waals surface area (Å²) in [5, 5.41) is 66.8. The van der Waals surface area contributed by atoms with Crippen molar-refractivity contribution in [3.05, 3.63) is 86.8 Å². The number of aromatic hydroxyl groups is 1. The molecule has 1 aromatic heterocycles. The quantitative estimate of drug-likeness (QED) is 0.0941. The molecule has 14 nitrogen and oxygen atoms in total. The van der Waals surface area contributed by atoms with Crippen LogP contribution in [0.3, 0.4) is 0 Å². The normalized spacial score (nSPS) is 17.3. The number of aromatic nitrogens is 1. The van der Waals surface area contributed by atoms with Crippen molar-refractivity contribution < 1.29 is 35.1 Å². The SMILES string of the molecule is CC(C)(C)c1cc(Br)cc(C(NC(=O)CNC(O)c2cc(O)cc(NC3=NCC(O)CN3)c2)C(NC(O)c2nc3ccccc3s2)C(=O)O)c1. The van der Waals surface area contributed by atoms with Crippen molar-refractivity contribution in [1.29, 1.82) is 0 Å². The van der Waals surface area contributed by atoms with E-state index in [0.717, 1.165) is 10.3 Å². The van der Waals surface area contributed by atoms with Gasteiger partial charge in [-0.2, -0.15) is 0 Å². The number of para-hydroxylation sites is 1. The number of aliphatic carboxylic acids is 1. The average Bonchev–Trinajstić information content (AvgIpc) is 3.50. The number of β-amino-alcohol motifs (C(OH)–C–C–N with tert-alkyl or cyclic N) is 1. The fraction of sp³-hybridized carbons (Fsp3) is 0.353. The number of rotatable bonds is 12. The minimum absolute atomic E-state index is 0.154. The van der Waals surface area contributed by atoms with E-state index in [1.54, 1.807) is 18.2 Å². The molecule has 0 radical (unpaired) electrons. The number of amides is 1. The Labute approximate surface area is 300 Å². The molecular weight excluding hydrogens is 730 g/mol. The molecule has 3 aromatic carbocycles. The monoisotopic (exact) mass is 769 g/mol. The molecule has 16 heteroatoms. The molecule has 4 aromatic rings. The number of thiazole rings is 1. The number of hydrogen-bond acceptors (Lipinski definition) is 13. The van der Waals surface area contributed by atoms with E-state index in [1.807, 2.05) is 51.1 Å². The van der Waals surface area contributed by atoms with Gasteiger partial charge in [0.05, 0.1) is 35.5 Å². The first-order valence-electron chi connectivity index (χ1n) is 15.8. The number of benzene rings is 3. The first-order chi connectivity index (χ1) is 23.7. The van der Waals surface area contributed by atoms with E-state index >= 15 is 0 Å². The van der Waals surface area contributed by atoms with Gasteiger partial charge in [0.25, 0.3) is 0 Å². The van der Waals surface area contributed by atoms with Crippen molar-refractivity contribution in [2.45, 2.75) is 56.8 Å². The molecule has 0 fully saturated rings. The van der Waals surface area contributed by atoms with Crippen molar-refractivity contribution >= 4 is 61.0 Å². The van der Waals surface area contributed by atoms with Crippen molar-refractivity contribution in [3.8, 4) is 5.75 Å². The number of guanidine groups is 1. The predicted octanol–water partition coefficient (Wildman–Crippen LogP) is 2.97. The van der Waals surface area contributed by atoms with Crippen molar-refractivity contribution in [3.63, 3.8) is 0 Å². The number of carbonyl (C=O) groups excluding carboxylic acids is 1. The number of aliphatic imine (C=N–C) groups is 1. The molecule has 2 heterocycles. The number of phenolic OH excluding ortho intramolecular Hbond substituents is 1. The van der Waals surface area contributed by atoms with Gasteiger partial charge in [0.1, 0.15) is 23.0 Å². The third kappa shape index (κ3) is 9.54. The molecular formula is C34H40BrN7O7S. The number of carboxylic acid groups (broad SMARTS) is 1. The van der Waals surface area contributed by atoms with E-state index in [-0.39, 0.29) is 28.3 Å². The van der Waals surface area contributed by atoms with Crippen LogP contribution in [0.15, 0.2) is 70.1 Å². The standard InChI is InChI=1S/C34H40BrN7O7S/c1-34(2,3)19-8-17(9-20(35)12-19)27(28(32(48)49)42-30(47)31-40-24-6-4-5-7-25(24)50-31)41-26(45)16-36-29(46)18-10-21(13-22(43)11-18)39-33-37-14-23(44)15-38-33/h4-13,23,27-30,36,42-44,46-47H,14-16H2,1-3H3,(H,41,45)(H,48,49)(H2,37,38,39).